The van der Waals surface area contributed by atoms with Gasteiger partial charge in [0.25, 0.3) is 0 Å². The molecule has 0 radical (unpaired) electrons. The zero-order valence-electron chi connectivity index (χ0n) is 20.9. The molecule has 5 nitrogen and oxygen atoms in total. The quantitative estimate of drug-likeness (QED) is 0.206. The van der Waals surface area contributed by atoms with Crippen molar-refractivity contribution >= 4 is 33.2 Å². The van der Waals surface area contributed by atoms with E-state index in [1.54, 1.807) is 12.1 Å². The Bertz CT molecular complexity index is 1710. The minimum Gasteiger partial charge on any atom is -0.457 e. The number of fused-ring (bicyclic) bond motifs is 2. The van der Waals surface area contributed by atoms with Crippen LogP contribution in [0.25, 0.3) is 32.7 Å². The number of hydrogen-bond donors (Lipinski definition) is 1. The number of nitrogens with zero attached hydrogens (tertiary/aromatic N) is 1. The van der Waals surface area contributed by atoms with Gasteiger partial charge in [0.05, 0.1) is 17.2 Å². The van der Waals surface area contributed by atoms with Crippen molar-refractivity contribution in [1.29, 1.82) is 5.26 Å². The van der Waals surface area contributed by atoms with Gasteiger partial charge >= 0.3 is 5.97 Å². The zero-order valence-corrected chi connectivity index (χ0v) is 20.9. The van der Waals surface area contributed by atoms with E-state index in [1.165, 1.54) is 0 Å². The first-order valence-electron chi connectivity index (χ1n) is 12.0. The maximum absolute atomic E-state index is 13.3. The molecule has 0 amide bonds. The van der Waals surface area contributed by atoms with E-state index in [1.807, 2.05) is 99.6 Å². The lowest BCUT2D eigenvalue weighted by atomic mass is 9.94. The number of nitriles is 1. The summed E-state index contributed by atoms with van der Waals surface area (Å²) in [5, 5.41) is 13.0. The largest absolute Gasteiger partial charge is 0.457 e. The first-order valence-corrected chi connectivity index (χ1v) is 12.0. The van der Waals surface area contributed by atoms with Crippen LogP contribution < -0.4 is 10.5 Å². The van der Waals surface area contributed by atoms with Crippen molar-refractivity contribution in [2.75, 3.05) is 5.73 Å². The van der Waals surface area contributed by atoms with E-state index in [-0.39, 0.29) is 0 Å². The van der Waals surface area contributed by atoms with Crippen LogP contribution in [0.4, 0.5) is 5.69 Å². The van der Waals surface area contributed by atoms with Crippen LogP contribution in [0.3, 0.4) is 0 Å². The normalized spacial score (nSPS) is 11.3. The second-order valence-corrected chi connectivity index (χ2v) is 9.94. The number of esters is 1. The molecule has 5 aromatic carbocycles. The minimum absolute atomic E-state index is 0.416. The molecule has 0 heterocycles. The van der Waals surface area contributed by atoms with Crippen LogP contribution in [-0.4, -0.2) is 11.6 Å². The lowest BCUT2D eigenvalue weighted by Crippen LogP contribution is -2.24. The molecular formula is C32H26N2O3. The standard InChI is InChI=1S/C32H26N2O3/c1-32(2,3)37-31(35)29-17-22-7-5-4-6-21(22)16-27(29)28-18-25(34)11-13-30(28)36-26-12-10-23-14-20(19-33)8-9-24(23)15-26/h4-18H,34H2,1-3H3. The molecule has 0 bridgehead atoms. The highest BCUT2D eigenvalue weighted by Crippen LogP contribution is 2.39. The fourth-order valence-electron chi connectivity index (χ4n) is 4.30. The molecule has 0 saturated carbocycles. The van der Waals surface area contributed by atoms with E-state index in [9.17, 15) is 10.1 Å². The van der Waals surface area contributed by atoms with Gasteiger partial charge in [-0.3, -0.25) is 0 Å². The highest BCUT2D eigenvalue weighted by Gasteiger charge is 2.23. The lowest BCUT2D eigenvalue weighted by molar-refractivity contribution is 0.00706. The van der Waals surface area contributed by atoms with Crippen molar-refractivity contribution in [1.82, 2.24) is 0 Å². The fraction of sp³-hybridized carbons (Fsp3) is 0.125. The van der Waals surface area contributed by atoms with E-state index < -0.39 is 11.6 Å². The molecule has 0 unspecified atom stereocenters. The third-order valence-electron chi connectivity index (χ3n) is 5.97. The van der Waals surface area contributed by atoms with Gasteiger partial charge in [-0.1, -0.05) is 36.4 Å². The number of hydrogen-bond acceptors (Lipinski definition) is 5. The number of nitrogens with two attached hydrogens (primary N) is 1. The molecule has 5 rings (SSSR count). The average Bonchev–Trinajstić information content (AvgIpc) is 2.87. The minimum atomic E-state index is -0.647. The summed E-state index contributed by atoms with van der Waals surface area (Å²) >= 11 is 0. The molecule has 5 aromatic rings. The van der Waals surface area contributed by atoms with E-state index in [0.29, 0.717) is 39.4 Å². The van der Waals surface area contributed by atoms with Crippen molar-refractivity contribution in [2.45, 2.75) is 26.4 Å². The number of carbonyl (C=O) groups excluding carboxylic acids is 1. The summed E-state index contributed by atoms with van der Waals surface area (Å²) in [5.74, 6) is 0.769. The third kappa shape index (κ3) is 5.10. The molecule has 37 heavy (non-hydrogen) atoms. The van der Waals surface area contributed by atoms with E-state index in [4.69, 9.17) is 15.2 Å². The highest BCUT2D eigenvalue weighted by atomic mass is 16.6. The second-order valence-electron chi connectivity index (χ2n) is 9.94. The predicted molar refractivity (Wildman–Crippen MR) is 148 cm³/mol. The van der Waals surface area contributed by atoms with Gasteiger partial charge in [0.1, 0.15) is 17.1 Å². The SMILES string of the molecule is CC(C)(C)OC(=O)c1cc2ccccc2cc1-c1cc(N)ccc1Oc1ccc2cc(C#N)ccc2c1. The van der Waals surface area contributed by atoms with E-state index in [0.717, 1.165) is 21.5 Å². The Balaban J connectivity index is 1.64. The van der Waals surface area contributed by atoms with Gasteiger partial charge in [0.2, 0.25) is 0 Å². The summed E-state index contributed by atoms with van der Waals surface area (Å²) in [6.07, 6.45) is 0. The van der Waals surface area contributed by atoms with Gasteiger partial charge in [0, 0.05) is 16.8 Å². The summed E-state index contributed by atoms with van der Waals surface area (Å²) in [6, 6.07) is 30.5. The maximum Gasteiger partial charge on any atom is 0.339 e. The molecule has 0 fully saturated rings. The molecule has 0 aromatic heterocycles. The first kappa shape index (κ1) is 23.9. The molecule has 0 aliphatic carbocycles. The number of nitrogen functional groups attached to an aromatic ring is 1. The number of anilines is 1. The van der Waals surface area contributed by atoms with Crippen LogP contribution in [0.2, 0.25) is 0 Å². The third-order valence-corrected chi connectivity index (χ3v) is 5.97. The molecule has 0 atom stereocenters. The van der Waals surface area contributed by atoms with Gasteiger partial charge in [-0.25, -0.2) is 4.79 Å². The Morgan fingerprint density at radius 3 is 2.19 bits per heavy atom. The molecule has 0 aliphatic heterocycles. The smallest absolute Gasteiger partial charge is 0.339 e. The molecule has 0 saturated heterocycles. The van der Waals surface area contributed by atoms with Crippen LogP contribution in [0.15, 0.2) is 91.0 Å². The van der Waals surface area contributed by atoms with Crippen LogP contribution >= 0.6 is 0 Å². The van der Waals surface area contributed by atoms with Gasteiger partial charge < -0.3 is 15.2 Å². The summed E-state index contributed by atoms with van der Waals surface area (Å²) < 4.78 is 12.1. The van der Waals surface area contributed by atoms with Gasteiger partial charge in [0.15, 0.2) is 0 Å². The summed E-state index contributed by atoms with van der Waals surface area (Å²) in [6.45, 7) is 5.54. The Morgan fingerprint density at radius 2 is 1.46 bits per heavy atom. The van der Waals surface area contributed by atoms with Gasteiger partial charge in [-0.05, 0) is 96.9 Å². The van der Waals surface area contributed by atoms with Crippen molar-refractivity contribution in [3.05, 3.63) is 102 Å². The Kier molecular flexibility index (Phi) is 6.02. The van der Waals surface area contributed by atoms with Crippen LogP contribution in [0.5, 0.6) is 11.5 Å². The van der Waals surface area contributed by atoms with Crippen molar-refractivity contribution in [2.24, 2.45) is 0 Å². The molecule has 5 heteroatoms. The number of ether oxygens (including phenoxy) is 2. The Labute approximate surface area is 215 Å². The molecule has 182 valence electrons. The maximum atomic E-state index is 13.3. The lowest BCUT2D eigenvalue weighted by Gasteiger charge is -2.22. The fourth-order valence-corrected chi connectivity index (χ4v) is 4.30. The summed E-state index contributed by atoms with van der Waals surface area (Å²) in [4.78, 5) is 13.3. The van der Waals surface area contributed by atoms with Crippen molar-refractivity contribution in [3.63, 3.8) is 0 Å². The van der Waals surface area contributed by atoms with Gasteiger partial charge in [-0.2, -0.15) is 5.26 Å². The monoisotopic (exact) mass is 486 g/mol. The average molecular weight is 487 g/mol. The topological polar surface area (TPSA) is 85.3 Å². The van der Waals surface area contributed by atoms with Crippen molar-refractivity contribution in [3.8, 4) is 28.7 Å². The molecule has 2 N–H and O–H groups in total. The molecule has 0 aliphatic rings. The second kappa shape index (κ2) is 9.33. The molecular weight excluding hydrogens is 460 g/mol. The molecule has 0 spiro atoms. The van der Waals surface area contributed by atoms with E-state index in [2.05, 4.69) is 6.07 Å². The number of benzene rings is 5. The van der Waals surface area contributed by atoms with E-state index >= 15 is 0 Å². The summed E-state index contributed by atoms with van der Waals surface area (Å²) in [5.41, 5.74) is 8.51. The number of carbonyl (C=O) groups is 1. The van der Waals surface area contributed by atoms with Crippen LogP contribution in [-0.2, 0) is 4.74 Å². The van der Waals surface area contributed by atoms with Crippen LogP contribution in [0.1, 0.15) is 36.7 Å². The zero-order chi connectivity index (χ0) is 26.2. The highest BCUT2D eigenvalue weighted by molar-refractivity contribution is 6.04. The number of rotatable bonds is 4. The van der Waals surface area contributed by atoms with Gasteiger partial charge in [-0.15, -0.1) is 0 Å². The Morgan fingerprint density at radius 1 is 0.784 bits per heavy atom. The first-order chi connectivity index (χ1) is 17.7. The van der Waals surface area contributed by atoms with Crippen LogP contribution in [0, 0.1) is 11.3 Å². The Hall–Kier alpha value is -4.82. The predicted octanol–water partition coefficient (Wildman–Crippen LogP) is 7.86. The summed E-state index contributed by atoms with van der Waals surface area (Å²) in [7, 11) is 0. The van der Waals surface area contributed by atoms with Crippen molar-refractivity contribution < 1.29 is 14.3 Å².